The number of carbonyl (C=O) groups is 1. The number of nitrogens with one attached hydrogen (secondary N) is 1. The molecular weight excluding hydrogens is 174 g/mol. The lowest BCUT2D eigenvalue weighted by atomic mass is 10.3. The number of rotatable bonds is 6. The van der Waals surface area contributed by atoms with Crippen molar-refractivity contribution in [2.45, 2.75) is 25.8 Å². The molecule has 0 radical (unpaired) electrons. The molecule has 0 aliphatic rings. The molecule has 0 bridgehead atoms. The van der Waals surface area contributed by atoms with Crippen molar-refractivity contribution in [1.29, 1.82) is 0 Å². The summed E-state index contributed by atoms with van der Waals surface area (Å²) in [7, 11) is 0. The molecule has 0 aliphatic carbocycles. The molecule has 1 unspecified atom stereocenters. The van der Waals surface area contributed by atoms with Gasteiger partial charge in [-0.25, -0.2) is 5.84 Å². The first-order valence-corrected chi connectivity index (χ1v) is 5.19. The highest BCUT2D eigenvalue weighted by atomic mass is 32.2. The molecule has 0 aromatic rings. The van der Waals surface area contributed by atoms with Crippen molar-refractivity contribution in [2.24, 2.45) is 11.6 Å². The Morgan fingerprint density at radius 2 is 2.33 bits per heavy atom. The number of nitrogens with two attached hydrogens (primary N) is 2. The second-order valence-corrected chi connectivity index (χ2v) is 3.71. The van der Waals surface area contributed by atoms with E-state index in [4.69, 9.17) is 11.6 Å². The third kappa shape index (κ3) is 6.45. The Morgan fingerprint density at radius 3 is 2.83 bits per heavy atom. The molecular formula is C7H17N3OS. The van der Waals surface area contributed by atoms with Gasteiger partial charge in [-0.1, -0.05) is 6.92 Å². The minimum absolute atomic E-state index is 0.118. The summed E-state index contributed by atoms with van der Waals surface area (Å²) in [5, 5.41) is 0. The summed E-state index contributed by atoms with van der Waals surface area (Å²) in [4.78, 5) is 10.6. The highest BCUT2D eigenvalue weighted by molar-refractivity contribution is 7.99. The van der Waals surface area contributed by atoms with Crippen molar-refractivity contribution in [1.82, 2.24) is 5.43 Å². The molecule has 5 heteroatoms. The molecule has 1 amide bonds. The topological polar surface area (TPSA) is 81.1 Å². The first-order chi connectivity index (χ1) is 5.70. The fraction of sp³-hybridized carbons (Fsp3) is 0.857. The Hall–Kier alpha value is -0.260. The van der Waals surface area contributed by atoms with Crippen LogP contribution in [0, 0.1) is 0 Å². The van der Waals surface area contributed by atoms with Crippen LogP contribution in [0.3, 0.4) is 0 Å². The van der Waals surface area contributed by atoms with E-state index in [0.717, 1.165) is 17.9 Å². The zero-order chi connectivity index (χ0) is 9.40. The van der Waals surface area contributed by atoms with Gasteiger partial charge in [-0.05, 0) is 6.42 Å². The van der Waals surface area contributed by atoms with E-state index >= 15 is 0 Å². The molecule has 0 aromatic carbocycles. The van der Waals surface area contributed by atoms with Gasteiger partial charge < -0.3 is 5.73 Å². The Kier molecular flexibility index (Phi) is 7.23. The summed E-state index contributed by atoms with van der Waals surface area (Å²) < 4.78 is 0. The average molecular weight is 191 g/mol. The molecule has 0 rings (SSSR count). The average Bonchev–Trinajstić information content (AvgIpc) is 2.11. The van der Waals surface area contributed by atoms with E-state index in [9.17, 15) is 4.79 Å². The SMILES string of the molecule is CCC(N)CSCCC(=O)NN. The van der Waals surface area contributed by atoms with Crippen molar-refractivity contribution >= 4 is 17.7 Å². The molecule has 72 valence electrons. The predicted octanol–water partition coefficient (Wildman–Crippen LogP) is -0.163. The normalized spacial score (nSPS) is 12.6. The zero-order valence-electron chi connectivity index (χ0n) is 7.38. The molecule has 0 fully saturated rings. The summed E-state index contributed by atoms with van der Waals surface area (Å²) >= 11 is 1.69. The number of hydrogen-bond donors (Lipinski definition) is 3. The minimum atomic E-state index is -0.118. The van der Waals surface area contributed by atoms with Gasteiger partial charge in [-0.3, -0.25) is 10.2 Å². The molecule has 12 heavy (non-hydrogen) atoms. The predicted molar refractivity (Wildman–Crippen MR) is 52.5 cm³/mol. The van der Waals surface area contributed by atoms with E-state index in [1.165, 1.54) is 0 Å². The van der Waals surface area contributed by atoms with Crippen LogP contribution in [0.15, 0.2) is 0 Å². The fourth-order valence-electron chi connectivity index (χ4n) is 0.590. The Labute approximate surface area is 77.4 Å². The zero-order valence-corrected chi connectivity index (χ0v) is 8.19. The van der Waals surface area contributed by atoms with Gasteiger partial charge >= 0.3 is 0 Å². The first-order valence-electron chi connectivity index (χ1n) is 4.03. The Morgan fingerprint density at radius 1 is 1.67 bits per heavy atom. The van der Waals surface area contributed by atoms with Crippen LogP contribution in [0.1, 0.15) is 19.8 Å². The van der Waals surface area contributed by atoms with Gasteiger partial charge in [0.05, 0.1) is 0 Å². The van der Waals surface area contributed by atoms with E-state index in [-0.39, 0.29) is 11.9 Å². The number of thioether (sulfide) groups is 1. The number of carbonyl (C=O) groups excluding carboxylic acids is 1. The summed E-state index contributed by atoms with van der Waals surface area (Å²) in [6, 6.07) is 0.246. The van der Waals surface area contributed by atoms with Gasteiger partial charge in [-0.2, -0.15) is 11.8 Å². The van der Waals surface area contributed by atoms with Gasteiger partial charge in [0.1, 0.15) is 0 Å². The van der Waals surface area contributed by atoms with Gasteiger partial charge in [0.2, 0.25) is 5.91 Å². The summed E-state index contributed by atoms with van der Waals surface area (Å²) in [6.45, 7) is 2.05. The van der Waals surface area contributed by atoms with E-state index in [1.54, 1.807) is 11.8 Å². The van der Waals surface area contributed by atoms with Crippen molar-refractivity contribution < 1.29 is 4.79 Å². The highest BCUT2D eigenvalue weighted by Crippen LogP contribution is 2.05. The molecule has 0 spiro atoms. The molecule has 1 atom stereocenters. The molecule has 5 N–H and O–H groups in total. The summed E-state index contributed by atoms with van der Waals surface area (Å²) in [6.07, 6.45) is 1.45. The van der Waals surface area contributed by atoms with Gasteiger partial charge in [0, 0.05) is 24.0 Å². The van der Waals surface area contributed by atoms with E-state index in [1.807, 2.05) is 0 Å². The largest absolute Gasteiger partial charge is 0.327 e. The Balaban J connectivity index is 3.15. The fourth-order valence-corrected chi connectivity index (χ4v) is 1.62. The smallest absolute Gasteiger partial charge is 0.234 e. The maximum Gasteiger partial charge on any atom is 0.234 e. The van der Waals surface area contributed by atoms with Gasteiger partial charge in [0.25, 0.3) is 0 Å². The maximum absolute atomic E-state index is 10.6. The number of hydrazine groups is 1. The van der Waals surface area contributed by atoms with Crippen LogP contribution < -0.4 is 17.0 Å². The number of hydrogen-bond acceptors (Lipinski definition) is 4. The molecule has 4 nitrogen and oxygen atoms in total. The second-order valence-electron chi connectivity index (χ2n) is 2.56. The van der Waals surface area contributed by atoms with E-state index in [0.29, 0.717) is 6.42 Å². The van der Waals surface area contributed by atoms with Gasteiger partial charge in [0.15, 0.2) is 0 Å². The van der Waals surface area contributed by atoms with Crippen molar-refractivity contribution in [3.63, 3.8) is 0 Å². The minimum Gasteiger partial charge on any atom is -0.327 e. The summed E-state index contributed by atoms with van der Waals surface area (Å²) in [5.41, 5.74) is 7.76. The molecule has 0 saturated carbocycles. The Bertz CT molecular complexity index is 132. The molecule has 0 heterocycles. The second kappa shape index (κ2) is 7.39. The summed E-state index contributed by atoms with van der Waals surface area (Å²) in [5.74, 6) is 6.49. The lowest BCUT2D eigenvalue weighted by Gasteiger charge is -2.06. The molecule has 0 aliphatic heterocycles. The molecule has 0 saturated heterocycles. The number of amides is 1. The standard InChI is InChI=1S/C7H17N3OS/c1-2-6(8)5-12-4-3-7(11)10-9/h6H,2-5,8-9H2,1H3,(H,10,11). The maximum atomic E-state index is 10.6. The van der Waals surface area contributed by atoms with Crippen LogP contribution in [0.25, 0.3) is 0 Å². The van der Waals surface area contributed by atoms with Crippen molar-refractivity contribution in [3.8, 4) is 0 Å². The van der Waals surface area contributed by atoms with Gasteiger partial charge in [-0.15, -0.1) is 0 Å². The van der Waals surface area contributed by atoms with Crippen molar-refractivity contribution in [2.75, 3.05) is 11.5 Å². The lowest BCUT2D eigenvalue weighted by molar-refractivity contribution is -0.120. The van der Waals surface area contributed by atoms with Crippen LogP contribution in [-0.2, 0) is 4.79 Å². The van der Waals surface area contributed by atoms with Crippen LogP contribution in [-0.4, -0.2) is 23.5 Å². The van der Waals surface area contributed by atoms with Crippen LogP contribution >= 0.6 is 11.8 Å². The quantitative estimate of drug-likeness (QED) is 0.236. The molecule has 0 aromatic heterocycles. The van der Waals surface area contributed by atoms with E-state index in [2.05, 4.69) is 12.3 Å². The van der Waals surface area contributed by atoms with Crippen LogP contribution in [0.2, 0.25) is 0 Å². The van der Waals surface area contributed by atoms with E-state index < -0.39 is 0 Å². The van der Waals surface area contributed by atoms with Crippen molar-refractivity contribution in [3.05, 3.63) is 0 Å². The van der Waals surface area contributed by atoms with Crippen LogP contribution in [0.4, 0.5) is 0 Å². The lowest BCUT2D eigenvalue weighted by Crippen LogP contribution is -2.30. The third-order valence-corrected chi connectivity index (χ3v) is 2.65. The van der Waals surface area contributed by atoms with Crippen LogP contribution in [0.5, 0.6) is 0 Å². The first kappa shape index (κ1) is 11.7. The third-order valence-electron chi connectivity index (χ3n) is 1.49. The highest BCUT2D eigenvalue weighted by Gasteiger charge is 2.01. The monoisotopic (exact) mass is 191 g/mol.